The molecule has 1 heterocycles. The van der Waals surface area contributed by atoms with Gasteiger partial charge in [0, 0.05) is 30.4 Å². The number of nitrogens with zero attached hydrogens (tertiary/aromatic N) is 2. The zero-order chi connectivity index (χ0) is 12.4. The van der Waals surface area contributed by atoms with Crippen molar-refractivity contribution in [1.82, 2.24) is 9.97 Å². The molecular weight excluding hydrogens is 222 g/mol. The molecule has 1 aromatic heterocycles. The summed E-state index contributed by atoms with van der Waals surface area (Å²) in [5.41, 5.74) is 9.40. The lowest BCUT2D eigenvalue weighted by molar-refractivity contribution is 0.589. The number of nitrogens with two attached hydrogens (primary N) is 1. The molecule has 0 bridgehead atoms. The Morgan fingerprint density at radius 2 is 1.94 bits per heavy atom. The molecule has 0 saturated carbocycles. The Bertz CT molecular complexity index is 534. The molecule has 0 spiro atoms. The molecule has 1 aliphatic rings. The Morgan fingerprint density at radius 3 is 2.72 bits per heavy atom. The largest absolute Gasteiger partial charge is 0.326 e. The van der Waals surface area contributed by atoms with Gasteiger partial charge in [-0.2, -0.15) is 0 Å². The van der Waals surface area contributed by atoms with Crippen LogP contribution in [0.3, 0.4) is 0 Å². The first-order valence-electron chi connectivity index (χ1n) is 6.47. The van der Waals surface area contributed by atoms with Gasteiger partial charge in [0.05, 0.1) is 0 Å². The lowest BCUT2D eigenvalue weighted by Crippen LogP contribution is -2.14. The molecular formula is C15H17N3. The van der Waals surface area contributed by atoms with Gasteiger partial charge in [-0.25, -0.2) is 9.97 Å². The van der Waals surface area contributed by atoms with E-state index in [1.54, 1.807) is 0 Å². The highest BCUT2D eigenvalue weighted by atomic mass is 14.9. The fraction of sp³-hybridized carbons (Fsp3) is 0.333. The lowest BCUT2D eigenvalue weighted by Gasteiger charge is -2.24. The summed E-state index contributed by atoms with van der Waals surface area (Å²) >= 11 is 0. The minimum absolute atomic E-state index is 0.349. The summed E-state index contributed by atoms with van der Waals surface area (Å²) in [6.07, 6.45) is 7.22. The first kappa shape index (κ1) is 11.4. The highest BCUT2D eigenvalue weighted by Gasteiger charge is 2.23. The van der Waals surface area contributed by atoms with Crippen molar-refractivity contribution in [3.05, 3.63) is 59.2 Å². The summed E-state index contributed by atoms with van der Waals surface area (Å²) in [4.78, 5) is 8.96. The molecule has 3 rings (SSSR count). The van der Waals surface area contributed by atoms with Crippen LogP contribution in [-0.2, 0) is 13.0 Å². The third-order valence-corrected chi connectivity index (χ3v) is 3.64. The Labute approximate surface area is 107 Å². The Kier molecular flexibility index (Phi) is 3.07. The number of hydrogen-bond acceptors (Lipinski definition) is 3. The van der Waals surface area contributed by atoms with Gasteiger partial charge in [0.1, 0.15) is 5.82 Å². The van der Waals surface area contributed by atoms with E-state index < -0.39 is 0 Å². The maximum absolute atomic E-state index is 5.57. The van der Waals surface area contributed by atoms with Crippen molar-refractivity contribution < 1.29 is 0 Å². The fourth-order valence-electron chi connectivity index (χ4n) is 2.67. The van der Waals surface area contributed by atoms with E-state index in [0.717, 1.165) is 17.8 Å². The molecule has 0 amide bonds. The molecule has 92 valence electrons. The molecule has 1 aromatic carbocycles. The van der Waals surface area contributed by atoms with Gasteiger partial charge in [0.15, 0.2) is 0 Å². The quantitative estimate of drug-likeness (QED) is 0.875. The zero-order valence-corrected chi connectivity index (χ0v) is 10.3. The standard InChI is InChI=1S/C15H17N3/c16-8-11-9-17-15(18-10-11)14-7-3-5-12-4-1-2-6-13(12)14/h1-2,4,6,9-10,14H,3,5,7-8,16H2. The molecule has 0 radical (unpaired) electrons. The lowest BCUT2D eigenvalue weighted by atomic mass is 9.82. The van der Waals surface area contributed by atoms with Gasteiger partial charge < -0.3 is 5.73 Å². The Balaban J connectivity index is 1.97. The summed E-state index contributed by atoms with van der Waals surface area (Å²) in [6.45, 7) is 0.502. The van der Waals surface area contributed by atoms with E-state index in [2.05, 4.69) is 34.2 Å². The monoisotopic (exact) mass is 239 g/mol. The molecule has 2 N–H and O–H groups in total. The van der Waals surface area contributed by atoms with Crippen molar-refractivity contribution in [3.63, 3.8) is 0 Å². The van der Waals surface area contributed by atoms with Crippen LogP contribution in [0.4, 0.5) is 0 Å². The van der Waals surface area contributed by atoms with Gasteiger partial charge in [0.25, 0.3) is 0 Å². The SMILES string of the molecule is NCc1cnc(C2CCCc3ccccc32)nc1. The van der Waals surface area contributed by atoms with Crippen LogP contribution < -0.4 is 5.73 Å². The Hall–Kier alpha value is -1.74. The summed E-state index contributed by atoms with van der Waals surface area (Å²) in [5.74, 6) is 1.28. The van der Waals surface area contributed by atoms with Crippen LogP contribution in [0.25, 0.3) is 0 Å². The first-order chi connectivity index (χ1) is 8.88. The number of fused-ring (bicyclic) bond motifs is 1. The van der Waals surface area contributed by atoms with E-state index in [1.165, 1.54) is 24.0 Å². The number of rotatable bonds is 2. The van der Waals surface area contributed by atoms with Crippen LogP contribution in [0.5, 0.6) is 0 Å². The second kappa shape index (κ2) is 4.86. The minimum Gasteiger partial charge on any atom is -0.326 e. The van der Waals surface area contributed by atoms with Crippen LogP contribution in [-0.4, -0.2) is 9.97 Å². The third kappa shape index (κ3) is 2.02. The summed E-state index contributed by atoms with van der Waals surface area (Å²) in [7, 11) is 0. The number of aryl methyl sites for hydroxylation is 1. The van der Waals surface area contributed by atoms with E-state index in [4.69, 9.17) is 5.73 Å². The molecule has 1 aliphatic carbocycles. The van der Waals surface area contributed by atoms with E-state index in [1.807, 2.05) is 12.4 Å². The molecule has 1 unspecified atom stereocenters. The van der Waals surface area contributed by atoms with Gasteiger partial charge in [-0.15, -0.1) is 0 Å². The van der Waals surface area contributed by atoms with Crippen molar-refractivity contribution in [1.29, 1.82) is 0 Å². The van der Waals surface area contributed by atoms with Gasteiger partial charge >= 0.3 is 0 Å². The topological polar surface area (TPSA) is 51.8 Å². The smallest absolute Gasteiger partial charge is 0.135 e. The summed E-state index contributed by atoms with van der Waals surface area (Å²) in [6, 6.07) is 8.64. The fourth-order valence-corrected chi connectivity index (χ4v) is 2.67. The van der Waals surface area contributed by atoms with Crippen molar-refractivity contribution in [2.24, 2.45) is 5.73 Å². The zero-order valence-electron chi connectivity index (χ0n) is 10.3. The maximum atomic E-state index is 5.57. The van der Waals surface area contributed by atoms with Gasteiger partial charge in [-0.05, 0) is 30.4 Å². The van der Waals surface area contributed by atoms with Crippen LogP contribution >= 0.6 is 0 Å². The maximum Gasteiger partial charge on any atom is 0.135 e. The van der Waals surface area contributed by atoms with Crippen LogP contribution in [0.2, 0.25) is 0 Å². The average molecular weight is 239 g/mol. The van der Waals surface area contributed by atoms with E-state index in [-0.39, 0.29) is 0 Å². The van der Waals surface area contributed by atoms with E-state index >= 15 is 0 Å². The summed E-state index contributed by atoms with van der Waals surface area (Å²) in [5, 5.41) is 0. The van der Waals surface area contributed by atoms with Crippen LogP contribution in [0.15, 0.2) is 36.7 Å². The molecule has 0 fully saturated rings. The molecule has 3 heteroatoms. The van der Waals surface area contributed by atoms with Crippen molar-refractivity contribution >= 4 is 0 Å². The first-order valence-corrected chi connectivity index (χ1v) is 6.47. The number of hydrogen-bond donors (Lipinski definition) is 1. The predicted octanol–water partition coefficient (Wildman–Crippen LogP) is 2.40. The third-order valence-electron chi connectivity index (χ3n) is 3.64. The molecule has 2 aromatic rings. The molecule has 3 nitrogen and oxygen atoms in total. The second-order valence-electron chi connectivity index (χ2n) is 4.80. The molecule has 0 saturated heterocycles. The number of aromatic nitrogens is 2. The van der Waals surface area contributed by atoms with Crippen LogP contribution in [0, 0.1) is 0 Å². The Morgan fingerprint density at radius 1 is 1.17 bits per heavy atom. The molecule has 18 heavy (non-hydrogen) atoms. The second-order valence-corrected chi connectivity index (χ2v) is 4.80. The minimum atomic E-state index is 0.349. The number of benzene rings is 1. The highest BCUT2D eigenvalue weighted by molar-refractivity contribution is 5.36. The van der Waals surface area contributed by atoms with Gasteiger partial charge in [0.2, 0.25) is 0 Å². The highest BCUT2D eigenvalue weighted by Crippen LogP contribution is 2.34. The van der Waals surface area contributed by atoms with Crippen molar-refractivity contribution in [2.45, 2.75) is 31.7 Å². The normalized spacial score (nSPS) is 18.4. The average Bonchev–Trinajstić information content (AvgIpc) is 2.47. The molecule has 1 atom stereocenters. The van der Waals surface area contributed by atoms with Crippen molar-refractivity contribution in [2.75, 3.05) is 0 Å². The van der Waals surface area contributed by atoms with E-state index in [0.29, 0.717) is 12.5 Å². The van der Waals surface area contributed by atoms with Gasteiger partial charge in [-0.1, -0.05) is 24.3 Å². The summed E-state index contributed by atoms with van der Waals surface area (Å²) < 4.78 is 0. The molecule has 0 aliphatic heterocycles. The van der Waals surface area contributed by atoms with Gasteiger partial charge in [-0.3, -0.25) is 0 Å². The van der Waals surface area contributed by atoms with Crippen molar-refractivity contribution in [3.8, 4) is 0 Å². The van der Waals surface area contributed by atoms with E-state index in [9.17, 15) is 0 Å². The van der Waals surface area contributed by atoms with Crippen LogP contribution in [0.1, 0.15) is 41.3 Å². The predicted molar refractivity (Wildman–Crippen MR) is 71.1 cm³/mol.